The summed E-state index contributed by atoms with van der Waals surface area (Å²) in [5.41, 5.74) is 5.82. The van der Waals surface area contributed by atoms with E-state index in [2.05, 4.69) is 0 Å². The molecule has 2 atom stereocenters. The van der Waals surface area contributed by atoms with Crippen LogP contribution >= 0.6 is 0 Å². The van der Waals surface area contributed by atoms with E-state index in [1.807, 2.05) is 13.8 Å². The van der Waals surface area contributed by atoms with Crippen molar-refractivity contribution in [1.82, 2.24) is 0 Å². The first-order valence-electron chi connectivity index (χ1n) is 5.27. The molecular weight excluding hydrogens is 212 g/mol. The summed E-state index contributed by atoms with van der Waals surface area (Å²) >= 11 is 0. The summed E-state index contributed by atoms with van der Waals surface area (Å²) in [6.07, 6.45) is 0. The van der Waals surface area contributed by atoms with Crippen LogP contribution in [0.3, 0.4) is 0 Å². The third-order valence-electron chi connectivity index (χ3n) is 3.70. The van der Waals surface area contributed by atoms with Gasteiger partial charge in [0.1, 0.15) is 5.82 Å². The molecular formula is C12H15F2NO. The van der Waals surface area contributed by atoms with Gasteiger partial charge in [-0.05, 0) is 29.9 Å². The lowest BCUT2D eigenvalue weighted by Gasteiger charge is -2.07. The summed E-state index contributed by atoms with van der Waals surface area (Å²) in [4.78, 5) is 0. The summed E-state index contributed by atoms with van der Waals surface area (Å²) in [7, 11) is 0. The molecule has 0 radical (unpaired) electrons. The molecule has 16 heavy (non-hydrogen) atoms. The van der Waals surface area contributed by atoms with E-state index in [1.54, 1.807) is 0 Å². The van der Waals surface area contributed by atoms with E-state index < -0.39 is 17.4 Å². The third-order valence-corrected chi connectivity index (χ3v) is 3.70. The molecule has 1 aromatic rings. The predicted molar refractivity (Wildman–Crippen MR) is 57.1 cm³/mol. The average molecular weight is 227 g/mol. The fraction of sp³-hybridized carbons (Fsp3) is 0.500. The monoisotopic (exact) mass is 227 g/mol. The summed E-state index contributed by atoms with van der Waals surface area (Å²) in [5.74, 6) is -1.92. The smallest absolute Gasteiger partial charge is 0.168 e. The molecule has 0 saturated heterocycles. The Labute approximate surface area is 93.1 Å². The molecule has 4 heteroatoms. The first kappa shape index (κ1) is 11.3. The highest BCUT2D eigenvalue weighted by atomic mass is 19.1. The topological polar surface area (TPSA) is 46.2 Å². The van der Waals surface area contributed by atoms with Crippen molar-refractivity contribution in [3.05, 3.63) is 29.3 Å². The highest BCUT2D eigenvalue weighted by Gasteiger charge is 2.58. The molecule has 1 aliphatic carbocycles. The number of phenols is 1. The minimum Gasteiger partial charge on any atom is -0.505 e. The molecule has 0 amide bonds. The van der Waals surface area contributed by atoms with Crippen molar-refractivity contribution in [2.45, 2.75) is 19.8 Å². The summed E-state index contributed by atoms with van der Waals surface area (Å²) in [6, 6.07) is 1.88. The predicted octanol–water partition coefficient (Wildman–Crippen LogP) is 2.37. The van der Waals surface area contributed by atoms with Crippen LogP contribution in [0.5, 0.6) is 5.75 Å². The van der Waals surface area contributed by atoms with Gasteiger partial charge in [0, 0.05) is 11.6 Å². The van der Waals surface area contributed by atoms with Gasteiger partial charge in [0.25, 0.3) is 0 Å². The van der Waals surface area contributed by atoms with Crippen molar-refractivity contribution < 1.29 is 13.9 Å². The van der Waals surface area contributed by atoms with Crippen LogP contribution in [0.1, 0.15) is 25.3 Å². The SMILES string of the molecule is CC1(C)[C@@H](CN)[C@@H]1c1cc(F)cc(F)c1O. The van der Waals surface area contributed by atoms with Crippen LogP contribution in [0.4, 0.5) is 8.78 Å². The Morgan fingerprint density at radius 2 is 2.00 bits per heavy atom. The van der Waals surface area contributed by atoms with Gasteiger partial charge in [-0.3, -0.25) is 0 Å². The molecule has 0 unspecified atom stereocenters. The molecule has 88 valence electrons. The van der Waals surface area contributed by atoms with Crippen molar-refractivity contribution in [2.75, 3.05) is 6.54 Å². The molecule has 0 heterocycles. The van der Waals surface area contributed by atoms with Crippen molar-refractivity contribution in [3.63, 3.8) is 0 Å². The maximum atomic E-state index is 13.2. The van der Waals surface area contributed by atoms with Crippen LogP contribution in [-0.2, 0) is 0 Å². The molecule has 0 spiro atoms. The Bertz CT molecular complexity index is 431. The van der Waals surface area contributed by atoms with Crippen molar-refractivity contribution >= 4 is 0 Å². The zero-order valence-corrected chi connectivity index (χ0v) is 9.30. The first-order chi connectivity index (χ1) is 7.39. The van der Waals surface area contributed by atoms with E-state index in [9.17, 15) is 13.9 Å². The number of rotatable bonds is 2. The van der Waals surface area contributed by atoms with Crippen LogP contribution < -0.4 is 5.73 Å². The number of hydrogen-bond donors (Lipinski definition) is 2. The number of nitrogens with two attached hydrogens (primary N) is 1. The van der Waals surface area contributed by atoms with E-state index in [4.69, 9.17) is 5.73 Å². The van der Waals surface area contributed by atoms with Gasteiger partial charge in [0.15, 0.2) is 11.6 Å². The van der Waals surface area contributed by atoms with E-state index in [1.165, 1.54) is 6.07 Å². The lowest BCUT2D eigenvalue weighted by molar-refractivity contribution is 0.418. The second-order valence-electron chi connectivity index (χ2n) is 4.97. The molecule has 3 N–H and O–H groups in total. The Morgan fingerprint density at radius 3 is 2.50 bits per heavy atom. The third kappa shape index (κ3) is 1.48. The van der Waals surface area contributed by atoms with Gasteiger partial charge in [0.05, 0.1) is 0 Å². The van der Waals surface area contributed by atoms with Gasteiger partial charge in [0.2, 0.25) is 0 Å². The normalized spacial score (nSPS) is 26.8. The lowest BCUT2D eigenvalue weighted by atomic mass is 10.0. The summed E-state index contributed by atoms with van der Waals surface area (Å²) < 4.78 is 26.3. The van der Waals surface area contributed by atoms with Crippen molar-refractivity contribution in [1.29, 1.82) is 0 Å². The molecule has 1 aliphatic rings. The number of halogens is 2. The van der Waals surface area contributed by atoms with Gasteiger partial charge in [-0.15, -0.1) is 0 Å². The summed E-state index contributed by atoms with van der Waals surface area (Å²) in [6.45, 7) is 4.42. The maximum absolute atomic E-state index is 13.2. The molecule has 0 aliphatic heterocycles. The zero-order chi connectivity index (χ0) is 12.1. The number of phenolic OH excluding ortho intramolecular Hbond substituents is 1. The van der Waals surface area contributed by atoms with Crippen LogP contribution in [0.25, 0.3) is 0 Å². The van der Waals surface area contributed by atoms with Gasteiger partial charge in [-0.2, -0.15) is 0 Å². The van der Waals surface area contributed by atoms with Crippen LogP contribution in [0.15, 0.2) is 12.1 Å². The van der Waals surface area contributed by atoms with Crippen LogP contribution in [0.2, 0.25) is 0 Å². The first-order valence-corrected chi connectivity index (χ1v) is 5.27. The number of aromatic hydroxyl groups is 1. The minimum atomic E-state index is -0.909. The van der Waals surface area contributed by atoms with Crippen LogP contribution in [0, 0.1) is 23.0 Å². The highest BCUT2D eigenvalue weighted by Crippen LogP contribution is 2.65. The fourth-order valence-electron chi connectivity index (χ4n) is 2.62. The molecule has 0 aromatic heterocycles. The van der Waals surface area contributed by atoms with E-state index in [0.29, 0.717) is 18.2 Å². The molecule has 1 fully saturated rings. The minimum absolute atomic E-state index is 0.0669. The quantitative estimate of drug-likeness (QED) is 0.814. The lowest BCUT2D eigenvalue weighted by Crippen LogP contribution is -2.05. The summed E-state index contributed by atoms with van der Waals surface area (Å²) in [5, 5.41) is 9.60. The van der Waals surface area contributed by atoms with E-state index >= 15 is 0 Å². The second kappa shape index (κ2) is 3.42. The van der Waals surface area contributed by atoms with Gasteiger partial charge in [-0.25, -0.2) is 8.78 Å². The second-order valence-corrected chi connectivity index (χ2v) is 4.97. The molecule has 2 nitrogen and oxygen atoms in total. The largest absolute Gasteiger partial charge is 0.505 e. The number of benzene rings is 1. The molecule has 0 bridgehead atoms. The number of hydrogen-bond acceptors (Lipinski definition) is 2. The Balaban J connectivity index is 2.43. The standard InChI is InChI=1S/C12H15F2NO/c1-12(2)8(5-15)10(12)7-3-6(13)4-9(14)11(7)16/h3-4,8,10,16H,5,15H2,1-2H3/t8-,10-/m0/s1. The van der Waals surface area contributed by atoms with Gasteiger partial charge < -0.3 is 10.8 Å². The van der Waals surface area contributed by atoms with Gasteiger partial charge in [-0.1, -0.05) is 13.8 Å². The highest BCUT2D eigenvalue weighted by molar-refractivity contribution is 5.43. The van der Waals surface area contributed by atoms with Crippen molar-refractivity contribution in [2.24, 2.45) is 17.1 Å². The Morgan fingerprint density at radius 1 is 1.38 bits per heavy atom. The molecule has 2 rings (SSSR count). The Kier molecular flexibility index (Phi) is 2.42. The van der Waals surface area contributed by atoms with E-state index in [0.717, 1.165) is 0 Å². The average Bonchev–Trinajstić information content (AvgIpc) is 2.74. The molecule has 1 aromatic carbocycles. The zero-order valence-electron chi connectivity index (χ0n) is 9.30. The Hall–Kier alpha value is -1.16. The van der Waals surface area contributed by atoms with Crippen LogP contribution in [-0.4, -0.2) is 11.7 Å². The van der Waals surface area contributed by atoms with Gasteiger partial charge >= 0.3 is 0 Å². The van der Waals surface area contributed by atoms with Crippen molar-refractivity contribution in [3.8, 4) is 5.75 Å². The molecule has 1 saturated carbocycles. The maximum Gasteiger partial charge on any atom is 0.168 e. The van der Waals surface area contributed by atoms with E-state index in [-0.39, 0.29) is 17.3 Å². The fourth-order valence-corrected chi connectivity index (χ4v) is 2.62.